The molecule has 7 rings (SSSR count). The molecule has 0 spiro atoms. The van der Waals surface area contributed by atoms with Crippen LogP contribution in [-0.2, 0) is 69.0 Å². The number of pyridine rings is 2. The van der Waals surface area contributed by atoms with Gasteiger partial charge in [-0.15, -0.1) is 0 Å². The van der Waals surface area contributed by atoms with E-state index in [1.54, 1.807) is 42.7 Å². The number of esters is 1. The van der Waals surface area contributed by atoms with Gasteiger partial charge in [-0.05, 0) is 85.0 Å². The van der Waals surface area contributed by atoms with Crippen LogP contribution >= 0.6 is 0 Å². The van der Waals surface area contributed by atoms with Crippen LogP contribution in [0.4, 0.5) is 14.9 Å². The zero-order valence-electron chi connectivity index (χ0n) is 38.6. The van der Waals surface area contributed by atoms with Gasteiger partial charge in [-0.3, -0.25) is 24.0 Å². The highest BCUT2D eigenvalue weighted by molar-refractivity contribution is 5.97. The van der Waals surface area contributed by atoms with Crippen LogP contribution in [0.5, 0.6) is 0 Å². The molecule has 1 aliphatic carbocycles. The number of primary amides is 1. The molecule has 0 radical (unpaired) electrons. The summed E-state index contributed by atoms with van der Waals surface area (Å²) >= 11 is 0. The number of aromatic nitrogens is 2. The van der Waals surface area contributed by atoms with E-state index in [0.29, 0.717) is 110 Å². The van der Waals surface area contributed by atoms with Crippen molar-refractivity contribution in [2.75, 3.05) is 51.5 Å². The third-order valence-electron chi connectivity index (χ3n) is 11.7. The van der Waals surface area contributed by atoms with Gasteiger partial charge in [0.05, 0.1) is 74.0 Å². The first-order valence-corrected chi connectivity index (χ1v) is 22.5. The summed E-state index contributed by atoms with van der Waals surface area (Å²) in [5.74, 6) is -2.15. The monoisotopic (exact) mass is 929 g/mol. The standard InChI is InChI=1S/C40H42FN5O7.C8H18N2O4/c1-6-24-26-14-32-36-27(16-46(32)38(49)28(26)18-52-39(24)50)35-30(12-11-25-20(4)29(41)15-31(44-36)34(25)35)45-40(51)53-17-22-7-9-23(10-8-22)43-37(48)21(5)42-33(47)13-19(2)3;9-1-2-12-3-4-13-5-6-14-7-8(10)11/h7-10,14-15,19,21,24,30H,6,11-13,16-18H2,1-5H3,(H,42,47)(H,43,48)(H,45,51);1-7,9H2,(H2,10,11). The zero-order valence-corrected chi connectivity index (χ0v) is 38.6. The molecule has 18 nitrogen and oxygen atoms in total. The molecule has 3 atom stereocenters. The van der Waals surface area contributed by atoms with Crippen molar-refractivity contribution in [2.45, 2.75) is 98.1 Å². The molecule has 4 aromatic rings. The van der Waals surface area contributed by atoms with E-state index in [4.69, 9.17) is 40.1 Å². The third-order valence-corrected chi connectivity index (χ3v) is 11.7. The summed E-state index contributed by atoms with van der Waals surface area (Å²) in [6.07, 6.45) is 1.14. The van der Waals surface area contributed by atoms with Crippen molar-refractivity contribution in [2.24, 2.45) is 17.4 Å². The average molecular weight is 930 g/mol. The Bertz CT molecular complexity index is 2550. The highest BCUT2D eigenvalue weighted by Crippen LogP contribution is 2.45. The number of aryl methyl sites for hydroxylation is 1. The first-order chi connectivity index (χ1) is 32.1. The lowest BCUT2D eigenvalue weighted by molar-refractivity contribution is -0.148. The number of amides is 4. The van der Waals surface area contributed by atoms with Gasteiger partial charge in [0.15, 0.2) is 0 Å². The number of nitrogens with two attached hydrogens (primary N) is 2. The van der Waals surface area contributed by atoms with Crippen LogP contribution in [0.25, 0.3) is 22.3 Å². The molecular weight excluding hydrogens is 870 g/mol. The number of ether oxygens (including phenoxy) is 5. The van der Waals surface area contributed by atoms with Crippen LogP contribution in [0, 0.1) is 18.7 Å². The maximum Gasteiger partial charge on any atom is 0.407 e. The number of benzene rings is 2. The molecule has 4 amide bonds. The Balaban J connectivity index is 0.000000459. The van der Waals surface area contributed by atoms with Gasteiger partial charge in [-0.25, -0.2) is 14.2 Å². The molecule has 67 heavy (non-hydrogen) atoms. The number of anilines is 1. The molecule has 0 saturated heterocycles. The Kier molecular flexibility index (Phi) is 17.2. The number of hydrogen-bond donors (Lipinski definition) is 5. The van der Waals surface area contributed by atoms with Crippen molar-refractivity contribution in [1.82, 2.24) is 20.2 Å². The normalized spacial score (nSPS) is 15.9. The maximum absolute atomic E-state index is 15.2. The Morgan fingerprint density at radius 2 is 1.67 bits per heavy atom. The fraction of sp³-hybridized carbons (Fsp3) is 0.479. The number of carbonyl (C=O) groups excluding carboxylic acids is 5. The van der Waals surface area contributed by atoms with Crippen molar-refractivity contribution in [3.63, 3.8) is 0 Å². The predicted octanol–water partition coefficient (Wildman–Crippen LogP) is 4.31. The summed E-state index contributed by atoms with van der Waals surface area (Å²) < 4.78 is 42.9. The van der Waals surface area contributed by atoms with E-state index in [1.165, 1.54) is 6.07 Å². The van der Waals surface area contributed by atoms with Crippen molar-refractivity contribution in [3.8, 4) is 11.4 Å². The molecule has 19 heteroatoms. The minimum atomic E-state index is -0.709. The number of rotatable bonds is 19. The van der Waals surface area contributed by atoms with Gasteiger partial charge in [-0.2, -0.15) is 0 Å². The van der Waals surface area contributed by atoms with Gasteiger partial charge in [0, 0.05) is 35.7 Å². The van der Waals surface area contributed by atoms with Crippen molar-refractivity contribution < 1.29 is 52.0 Å². The van der Waals surface area contributed by atoms with Gasteiger partial charge in [0.25, 0.3) is 5.56 Å². The molecule has 2 aromatic carbocycles. The zero-order chi connectivity index (χ0) is 48.4. The van der Waals surface area contributed by atoms with Gasteiger partial charge in [0.2, 0.25) is 17.7 Å². The highest BCUT2D eigenvalue weighted by Gasteiger charge is 2.38. The first-order valence-electron chi connectivity index (χ1n) is 22.5. The van der Waals surface area contributed by atoms with Crippen molar-refractivity contribution in [3.05, 3.63) is 91.5 Å². The molecule has 7 N–H and O–H groups in total. The van der Waals surface area contributed by atoms with E-state index in [9.17, 15) is 28.8 Å². The second kappa shape index (κ2) is 23.0. The molecule has 360 valence electrons. The Morgan fingerprint density at radius 3 is 2.34 bits per heavy atom. The molecule has 0 fully saturated rings. The Morgan fingerprint density at radius 1 is 0.970 bits per heavy atom. The van der Waals surface area contributed by atoms with E-state index < -0.39 is 30.0 Å². The fourth-order valence-corrected chi connectivity index (χ4v) is 8.42. The topological polar surface area (TPSA) is 255 Å². The van der Waals surface area contributed by atoms with Gasteiger partial charge in [-0.1, -0.05) is 32.9 Å². The van der Waals surface area contributed by atoms with Crippen molar-refractivity contribution >= 4 is 46.4 Å². The number of alkyl carbamates (subject to hydrolysis) is 1. The lowest BCUT2D eigenvalue weighted by Gasteiger charge is -2.29. The molecule has 2 aliphatic heterocycles. The summed E-state index contributed by atoms with van der Waals surface area (Å²) in [5.41, 5.74) is 16.5. The molecule has 0 saturated carbocycles. The lowest BCUT2D eigenvalue weighted by atomic mass is 9.81. The Labute approximate surface area is 387 Å². The fourth-order valence-electron chi connectivity index (χ4n) is 8.42. The van der Waals surface area contributed by atoms with Crippen LogP contribution in [0.2, 0.25) is 0 Å². The number of cyclic esters (lactones) is 1. The average Bonchev–Trinajstić information content (AvgIpc) is 3.65. The van der Waals surface area contributed by atoms with E-state index in [1.807, 2.05) is 26.8 Å². The van der Waals surface area contributed by atoms with E-state index >= 15 is 4.39 Å². The summed E-state index contributed by atoms with van der Waals surface area (Å²) in [6, 6.07) is 8.87. The largest absolute Gasteiger partial charge is 0.460 e. The molecular formula is C48H60FN7O11. The van der Waals surface area contributed by atoms with Gasteiger partial charge >= 0.3 is 12.1 Å². The first kappa shape index (κ1) is 50.1. The highest BCUT2D eigenvalue weighted by atomic mass is 19.1. The molecule has 0 bridgehead atoms. The van der Waals surface area contributed by atoms with E-state index in [0.717, 1.165) is 22.1 Å². The van der Waals surface area contributed by atoms with Gasteiger partial charge < -0.3 is 55.7 Å². The summed E-state index contributed by atoms with van der Waals surface area (Å²) in [7, 11) is 0. The summed E-state index contributed by atoms with van der Waals surface area (Å²) in [5, 5.41) is 9.27. The maximum atomic E-state index is 15.2. The van der Waals surface area contributed by atoms with E-state index in [2.05, 4.69) is 16.0 Å². The summed E-state index contributed by atoms with van der Waals surface area (Å²) in [4.78, 5) is 79.5. The van der Waals surface area contributed by atoms with E-state index in [-0.39, 0.29) is 61.4 Å². The van der Waals surface area contributed by atoms with Crippen LogP contribution in [0.3, 0.4) is 0 Å². The lowest BCUT2D eigenvalue weighted by Crippen LogP contribution is -2.41. The predicted molar refractivity (Wildman–Crippen MR) is 245 cm³/mol. The van der Waals surface area contributed by atoms with Gasteiger partial charge in [0.1, 0.15) is 31.7 Å². The Hall–Kier alpha value is -6.28. The number of halogens is 1. The number of nitrogens with one attached hydrogen (secondary N) is 3. The quantitative estimate of drug-likeness (QED) is 0.0573. The molecule has 4 heterocycles. The number of fused-ring (bicyclic) bond motifs is 5. The number of hydrogen-bond acceptors (Lipinski definition) is 13. The summed E-state index contributed by atoms with van der Waals surface area (Å²) in [6.45, 7) is 12.0. The van der Waals surface area contributed by atoms with Crippen LogP contribution in [0.1, 0.15) is 97.9 Å². The van der Waals surface area contributed by atoms with Crippen LogP contribution in [0.15, 0.2) is 41.2 Å². The second-order valence-corrected chi connectivity index (χ2v) is 17.0. The van der Waals surface area contributed by atoms with Crippen LogP contribution < -0.4 is 33.0 Å². The molecule has 3 aliphatic rings. The molecule has 2 aromatic heterocycles. The van der Waals surface area contributed by atoms with Crippen molar-refractivity contribution in [1.29, 1.82) is 0 Å². The number of nitrogens with zero attached hydrogens (tertiary/aromatic N) is 2. The molecule has 3 unspecified atom stereocenters. The second-order valence-electron chi connectivity index (χ2n) is 17.0. The number of carbonyl (C=O) groups is 5. The SMILES string of the molecule is CCC1C(=O)OCc2c1cc1n(c2=O)Cc2c-1nc1cc(F)c(C)c3c1c2C(NC(=O)OCc1ccc(NC(=O)C(C)NC(=O)CC(C)C)cc1)CC3.NCCOCCOCCOCC(N)=O. The minimum Gasteiger partial charge on any atom is -0.460 e. The van der Waals surface area contributed by atoms with Crippen LogP contribution in [-0.4, -0.2) is 91.6 Å². The smallest absolute Gasteiger partial charge is 0.407 e. The minimum absolute atomic E-state index is 0.0367. The third kappa shape index (κ3) is 12.2.